The largest absolute Gasteiger partial charge is 0.369 e. The predicted molar refractivity (Wildman–Crippen MR) is 141 cm³/mol. The van der Waals surface area contributed by atoms with Gasteiger partial charge in [0.25, 0.3) is 5.56 Å². The second kappa shape index (κ2) is 9.74. The summed E-state index contributed by atoms with van der Waals surface area (Å²) < 4.78 is 3.09. The van der Waals surface area contributed by atoms with Gasteiger partial charge in [0.1, 0.15) is 11.1 Å². The summed E-state index contributed by atoms with van der Waals surface area (Å²) in [5.74, 6) is 0.600. The molecular formula is C26H28N8O2. The summed E-state index contributed by atoms with van der Waals surface area (Å²) in [5, 5.41) is 3.58. The molecule has 1 aliphatic rings. The molecule has 10 nitrogen and oxygen atoms in total. The molecule has 1 aliphatic heterocycles. The number of aromatic nitrogens is 5. The second-order valence-corrected chi connectivity index (χ2v) is 8.82. The fourth-order valence-electron chi connectivity index (χ4n) is 4.30. The predicted octanol–water partition coefficient (Wildman–Crippen LogP) is 2.86. The van der Waals surface area contributed by atoms with Crippen LogP contribution in [0.4, 0.5) is 17.3 Å². The first-order valence-corrected chi connectivity index (χ1v) is 11.8. The minimum atomic E-state index is -0.261. The Morgan fingerprint density at radius 1 is 1.08 bits per heavy atom. The molecule has 0 saturated carbocycles. The molecule has 1 N–H and O–H groups in total. The number of hydrogen-bond acceptors (Lipinski definition) is 8. The number of anilines is 3. The van der Waals surface area contributed by atoms with Crippen LogP contribution in [0.15, 0.2) is 66.1 Å². The van der Waals surface area contributed by atoms with Crippen LogP contribution in [0.25, 0.3) is 16.9 Å². The van der Waals surface area contributed by atoms with Crippen molar-refractivity contribution in [2.75, 3.05) is 43.4 Å². The molecule has 184 valence electrons. The van der Waals surface area contributed by atoms with Crippen LogP contribution >= 0.6 is 0 Å². The average molecular weight is 485 g/mol. The van der Waals surface area contributed by atoms with Crippen molar-refractivity contribution in [1.82, 2.24) is 29.2 Å². The van der Waals surface area contributed by atoms with Crippen molar-refractivity contribution < 1.29 is 4.79 Å². The zero-order valence-corrected chi connectivity index (χ0v) is 20.4. The molecule has 0 amide bonds. The summed E-state index contributed by atoms with van der Waals surface area (Å²) in [7, 11) is 2.14. The van der Waals surface area contributed by atoms with E-state index in [1.165, 1.54) is 23.5 Å². The second-order valence-electron chi connectivity index (χ2n) is 8.82. The summed E-state index contributed by atoms with van der Waals surface area (Å²) in [6, 6.07) is 13.3. The van der Waals surface area contributed by atoms with Crippen molar-refractivity contribution in [1.29, 1.82) is 0 Å². The first kappa shape index (κ1) is 23.4. The van der Waals surface area contributed by atoms with Crippen molar-refractivity contribution in [2.24, 2.45) is 0 Å². The normalized spacial score (nSPS) is 14.2. The van der Waals surface area contributed by atoms with Gasteiger partial charge < -0.3 is 15.1 Å². The molecule has 0 atom stereocenters. The molecule has 0 radical (unpaired) electrons. The van der Waals surface area contributed by atoms with Crippen LogP contribution in [0.1, 0.15) is 17.4 Å². The van der Waals surface area contributed by atoms with E-state index in [9.17, 15) is 9.59 Å². The Morgan fingerprint density at radius 2 is 1.83 bits per heavy atom. The number of nitrogens with one attached hydrogen (secondary N) is 1. The number of likely N-dealkylation sites (N-methyl/N-ethyl adjacent to an activating group) is 1. The first-order chi connectivity index (χ1) is 17.4. The Morgan fingerprint density at radius 3 is 2.53 bits per heavy atom. The van der Waals surface area contributed by atoms with Gasteiger partial charge in [-0.25, -0.2) is 19.3 Å². The van der Waals surface area contributed by atoms with E-state index in [1.54, 1.807) is 29.0 Å². The summed E-state index contributed by atoms with van der Waals surface area (Å²) in [4.78, 5) is 43.2. The Balaban J connectivity index is 1.49. The number of piperazine rings is 1. The molecule has 1 aromatic carbocycles. The number of benzene rings is 1. The van der Waals surface area contributed by atoms with E-state index in [1.807, 2.05) is 12.1 Å². The molecule has 0 bridgehead atoms. The maximum atomic E-state index is 13.1. The lowest BCUT2D eigenvalue weighted by Gasteiger charge is -2.34. The Hall–Kier alpha value is -4.31. The maximum Gasteiger partial charge on any atom is 0.278 e. The molecule has 3 aromatic heterocycles. The molecule has 0 aliphatic carbocycles. The van der Waals surface area contributed by atoms with Gasteiger partial charge in [0.05, 0.1) is 6.54 Å². The van der Waals surface area contributed by atoms with Crippen LogP contribution in [0.3, 0.4) is 0 Å². The number of Topliss-reactive ketones (excluding diaryl/α,β-unsaturated/α-hetero) is 1. The van der Waals surface area contributed by atoms with Crippen LogP contribution in [0.2, 0.25) is 0 Å². The van der Waals surface area contributed by atoms with Crippen molar-refractivity contribution in [3.63, 3.8) is 0 Å². The third-order valence-corrected chi connectivity index (χ3v) is 6.28. The van der Waals surface area contributed by atoms with Crippen molar-refractivity contribution in [2.45, 2.75) is 13.5 Å². The van der Waals surface area contributed by atoms with Gasteiger partial charge in [-0.1, -0.05) is 12.1 Å². The summed E-state index contributed by atoms with van der Waals surface area (Å²) in [6.07, 6.45) is 3.14. The van der Waals surface area contributed by atoms with E-state index < -0.39 is 0 Å². The summed E-state index contributed by atoms with van der Waals surface area (Å²) in [5.41, 5.74) is 2.45. The molecule has 0 unspecified atom stereocenters. The summed E-state index contributed by atoms with van der Waals surface area (Å²) in [6.45, 7) is 9.56. The third-order valence-electron chi connectivity index (χ3n) is 6.28. The lowest BCUT2D eigenvalue weighted by molar-refractivity contribution is 0.101. The smallest absolute Gasteiger partial charge is 0.278 e. The van der Waals surface area contributed by atoms with Crippen LogP contribution in [-0.4, -0.2) is 68.2 Å². The zero-order chi connectivity index (χ0) is 25.2. The number of ketones is 1. The summed E-state index contributed by atoms with van der Waals surface area (Å²) >= 11 is 0. The average Bonchev–Trinajstić information content (AvgIpc) is 3.16. The first-order valence-electron chi connectivity index (χ1n) is 11.8. The number of allylic oxidation sites excluding steroid dienone is 1. The topological polar surface area (TPSA) is 101 Å². The third kappa shape index (κ3) is 4.50. The highest BCUT2D eigenvalue weighted by Gasteiger charge is 2.19. The molecule has 0 spiro atoms. The zero-order valence-electron chi connectivity index (χ0n) is 20.4. The Kier molecular flexibility index (Phi) is 6.34. The molecule has 4 aromatic rings. The minimum Gasteiger partial charge on any atom is -0.369 e. The molecule has 36 heavy (non-hydrogen) atoms. The fraction of sp³-hybridized carbons (Fsp3) is 0.269. The molecular weight excluding hydrogens is 456 g/mol. The van der Waals surface area contributed by atoms with Crippen LogP contribution in [0, 0.1) is 0 Å². The Bertz CT molecular complexity index is 1480. The van der Waals surface area contributed by atoms with Gasteiger partial charge in [-0.15, -0.1) is 6.58 Å². The number of carbonyl (C=O) groups excluding carboxylic acids is 1. The van der Waals surface area contributed by atoms with Gasteiger partial charge in [0, 0.05) is 50.7 Å². The highest BCUT2D eigenvalue weighted by Crippen LogP contribution is 2.22. The van der Waals surface area contributed by atoms with Crippen LogP contribution < -0.4 is 15.8 Å². The molecule has 5 rings (SSSR count). The van der Waals surface area contributed by atoms with Gasteiger partial charge >= 0.3 is 0 Å². The van der Waals surface area contributed by atoms with Gasteiger partial charge in [0.2, 0.25) is 5.95 Å². The van der Waals surface area contributed by atoms with E-state index in [0.29, 0.717) is 28.5 Å². The number of carbonyl (C=O) groups is 1. The highest BCUT2D eigenvalue weighted by molar-refractivity contribution is 5.92. The lowest BCUT2D eigenvalue weighted by Crippen LogP contribution is -2.44. The number of hydrogen-bond donors (Lipinski definition) is 1. The standard InChI is InChI=1S/C26H28N8O2/c1-4-12-33-25(36)21-17-27-26(30-24(21)34(33)23-7-5-6-22(29-23)18(2)35)28-19-8-10-20(11-9-19)32-15-13-31(3)14-16-32/h4-11,17H,1,12-16H2,2-3H3,(H,27,28,30). The van der Waals surface area contributed by atoms with Gasteiger partial charge in [-0.05, 0) is 43.4 Å². The van der Waals surface area contributed by atoms with Crippen LogP contribution in [0.5, 0.6) is 0 Å². The SMILES string of the molecule is C=CCn1c(=O)c2cnc(Nc3ccc(N4CCN(C)CC4)cc3)nc2n1-c1cccc(C(C)=O)n1. The van der Waals surface area contributed by atoms with Gasteiger partial charge in [0.15, 0.2) is 17.2 Å². The van der Waals surface area contributed by atoms with Crippen molar-refractivity contribution in [3.05, 3.63) is 77.4 Å². The quantitative estimate of drug-likeness (QED) is 0.316. The minimum absolute atomic E-state index is 0.164. The molecule has 10 heteroatoms. The van der Waals surface area contributed by atoms with Crippen molar-refractivity contribution >= 4 is 34.1 Å². The van der Waals surface area contributed by atoms with E-state index in [2.05, 4.69) is 55.8 Å². The Labute approximate surface area is 208 Å². The van der Waals surface area contributed by atoms with Crippen molar-refractivity contribution in [3.8, 4) is 5.82 Å². The van der Waals surface area contributed by atoms with E-state index in [0.717, 1.165) is 31.9 Å². The number of nitrogens with zero attached hydrogens (tertiary/aromatic N) is 7. The lowest BCUT2D eigenvalue weighted by atomic mass is 10.2. The highest BCUT2D eigenvalue weighted by atomic mass is 16.1. The number of fused-ring (bicyclic) bond motifs is 1. The number of pyridine rings is 1. The van der Waals surface area contributed by atoms with Gasteiger partial charge in [-0.2, -0.15) is 4.98 Å². The maximum absolute atomic E-state index is 13.1. The van der Waals surface area contributed by atoms with E-state index in [-0.39, 0.29) is 17.9 Å². The monoisotopic (exact) mass is 484 g/mol. The van der Waals surface area contributed by atoms with E-state index in [4.69, 9.17) is 0 Å². The van der Waals surface area contributed by atoms with E-state index >= 15 is 0 Å². The van der Waals surface area contributed by atoms with Gasteiger partial charge in [-0.3, -0.25) is 9.59 Å². The number of rotatable bonds is 7. The molecule has 4 heterocycles. The van der Waals surface area contributed by atoms with Crippen LogP contribution in [-0.2, 0) is 6.54 Å². The molecule has 1 saturated heterocycles. The fourth-order valence-corrected chi connectivity index (χ4v) is 4.30. The molecule has 1 fully saturated rings.